The molecule has 7 nitrogen and oxygen atoms in total. The fourth-order valence-corrected chi connectivity index (χ4v) is 2.13. The molecule has 1 aliphatic rings. The highest BCUT2D eigenvalue weighted by atomic mass is 32.1. The summed E-state index contributed by atoms with van der Waals surface area (Å²) in [7, 11) is 1.69. The third-order valence-electron chi connectivity index (χ3n) is 3.07. The molecule has 3 N–H and O–H groups in total. The minimum absolute atomic E-state index is 0.160. The molecule has 2 aromatic rings. The van der Waals surface area contributed by atoms with Gasteiger partial charge in [0.15, 0.2) is 11.5 Å². The molecule has 0 radical (unpaired) electrons. The number of ether oxygens (including phenoxy) is 2. The second-order valence-electron chi connectivity index (χ2n) is 4.42. The summed E-state index contributed by atoms with van der Waals surface area (Å²) in [4.78, 5) is 12.5. The van der Waals surface area contributed by atoms with Gasteiger partial charge in [0.1, 0.15) is 10.8 Å². The molecule has 2 heterocycles. The van der Waals surface area contributed by atoms with E-state index in [0.717, 1.165) is 0 Å². The van der Waals surface area contributed by atoms with Crippen LogP contribution in [-0.2, 0) is 7.05 Å². The highest BCUT2D eigenvalue weighted by molar-refractivity contribution is 7.80. The van der Waals surface area contributed by atoms with E-state index in [0.29, 0.717) is 28.4 Å². The summed E-state index contributed by atoms with van der Waals surface area (Å²) < 4.78 is 12.0. The summed E-state index contributed by atoms with van der Waals surface area (Å²) in [6.07, 6.45) is 1.51. The number of aromatic nitrogens is 2. The first-order valence-corrected chi connectivity index (χ1v) is 6.50. The first-order valence-electron chi connectivity index (χ1n) is 6.09. The summed E-state index contributed by atoms with van der Waals surface area (Å²) >= 11 is 4.93. The fourth-order valence-electron chi connectivity index (χ4n) is 1.98. The zero-order chi connectivity index (χ0) is 15.0. The van der Waals surface area contributed by atoms with Crippen LogP contribution in [-0.4, -0.2) is 27.5 Å². The zero-order valence-corrected chi connectivity index (χ0v) is 11.9. The number of amides is 1. The van der Waals surface area contributed by atoms with Crippen LogP contribution in [0, 0.1) is 0 Å². The predicted octanol–water partition coefficient (Wildman–Crippen LogP) is 1.04. The molecule has 0 atom stereocenters. The Balaban J connectivity index is 1.87. The minimum atomic E-state index is -0.311. The number of nitrogens with two attached hydrogens (primary N) is 1. The summed E-state index contributed by atoms with van der Waals surface area (Å²) in [5, 5.41) is 6.78. The van der Waals surface area contributed by atoms with Crippen LogP contribution in [0.2, 0.25) is 0 Å². The molecule has 0 unspecified atom stereocenters. The number of anilines is 1. The summed E-state index contributed by atoms with van der Waals surface area (Å²) in [6, 6.07) is 4.96. The molecule has 0 fully saturated rings. The van der Waals surface area contributed by atoms with E-state index in [4.69, 9.17) is 27.4 Å². The Morgan fingerprint density at radius 1 is 1.43 bits per heavy atom. The van der Waals surface area contributed by atoms with Crippen molar-refractivity contribution in [1.82, 2.24) is 9.78 Å². The zero-order valence-electron chi connectivity index (χ0n) is 11.1. The quantitative estimate of drug-likeness (QED) is 0.823. The van der Waals surface area contributed by atoms with Crippen molar-refractivity contribution in [1.29, 1.82) is 0 Å². The smallest absolute Gasteiger partial charge is 0.256 e. The second-order valence-corrected chi connectivity index (χ2v) is 4.86. The number of benzene rings is 1. The number of fused-ring (bicyclic) bond motifs is 1. The maximum Gasteiger partial charge on any atom is 0.256 e. The van der Waals surface area contributed by atoms with E-state index in [2.05, 4.69) is 10.4 Å². The van der Waals surface area contributed by atoms with E-state index < -0.39 is 0 Å². The van der Waals surface area contributed by atoms with E-state index in [1.165, 1.54) is 10.9 Å². The van der Waals surface area contributed by atoms with Gasteiger partial charge in [-0.2, -0.15) is 5.10 Å². The number of nitrogens with one attached hydrogen (secondary N) is 1. The van der Waals surface area contributed by atoms with Crippen LogP contribution in [0.25, 0.3) is 0 Å². The van der Waals surface area contributed by atoms with Crippen molar-refractivity contribution in [2.45, 2.75) is 0 Å². The van der Waals surface area contributed by atoms with Crippen molar-refractivity contribution in [3.63, 3.8) is 0 Å². The van der Waals surface area contributed by atoms with E-state index in [-0.39, 0.29) is 17.7 Å². The molecule has 8 heteroatoms. The number of thiocarbonyl (C=S) groups is 1. The molecule has 1 amide bonds. The van der Waals surface area contributed by atoms with Crippen LogP contribution in [0.5, 0.6) is 11.5 Å². The fraction of sp³-hybridized carbons (Fsp3) is 0.154. The number of aryl methyl sites for hydroxylation is 1. The number of hydrogen-bond acceptors (Lipinski definition) is 5. The maximum absolute atomic E-state index is 12.3. The van der Waals surface area contributed by atoms with Crippen LogP contribution in [0.3, 0.4) is 0 Å². The van der Waals surface area contributed by atoms with Crippen molar-refractivity contribution >= 4 is 28.9 Å². The Hall–Kier alpha value is -2.61. The van der Waals surface area contributed by atoms with Gasteiger partial charge in [0.25, 0.3) is 5.91 Å². The molecular weight excluding hydrogens is 292 g/mol. The largest absolute Gasteiger partial charge is 0.454 e. The lowest BCUT2D eigenvalue weighted by molar-refractivity contribution is 0.102. The van der Waals surface area contributed by atoms with Gasteiger partial charge >= 0.3 is 0 Å². The summed E-state index contributed by atoms with van der Waals surface area (Å²) in [6.45, 7) is 0.160. The lowest BCUT2D eigenvalue weighted by Gasteiger charge is -2.08. The van der Waals surface area contributed by atoms with Gasteiger partial charge in [0.2, 0.25) is 6.79 Å². The Morgan fingerprint density at radius 2 is 2.19 bits per heavy atom. The lowest BCUT2D eigenvalue weighted by Crippen LogP contribution is -2.18. The Morgan fingerprint density at radius 3 is 2.95 bits per heavy atom. The van der Waals surface area contributed by atoms with Crippen molar-refractivity contribution in [2.75, 3.05) is 12.1 Å². The molecule has 21 heavy (non-hydrogen) atoms. The monoisotopic (exact) mass is 304 g/mol. The van der Waals surface area contributed by atoms with E-state index in [1.807, 2.05) is 0 Å². The number of carbonyl (C=O) groups excluding carboxylic acids is 1. The first kappa shape index (κ1) is 13.4. The number of hydrogen-bond donors (Lipinski definition) is 2. The Labute approximate surface area is 125 Å². The van der Waals surface area contributed by atoms with Crippen LogP contribution in [0.4, 0.5) is 5.82 Å². The van der Waals surface area contributed by atoms with Gasteiger partial charge in [-0.05, 0) is 18.2 Å². The Bertz CT molecular complexity index is 741. The molecule has 3 rings (SSSR count). The summed E-state index contributed by atoms with van der Waals surface area (Å²) in [5.74, 6) is 1.30. The molecule has 1 aromatic carbocycles. The van der Waals surface area contributed by atoms with Crippen molar-refractivity contribution in [3.8, 4) is 11.5 Å². The number of rotatable bonds is 3. The molecule has 0 saturated heterocycles. The second kappa shape index (κ2) is 5.06. The van der Waals surface area contributed by atoms with Gasteiger partial charge in [0.05, 0.1) is 11.8 Å². The molecule has 1 aromatic heterocycles. The molecular formula is C13H12N4O3S. The van der Waals surface area contributed by atoms with E-state index in [9.17, 15) is 4.79 Å². The third kappa shape index (κ3) is 2.40. The van der Waals surface area contributed by atoms with Crippen molar-refractivity contribution in [2.24, 2.45) is 12.8 Å². The van der Waals surface area contributed by atoms with Crippen molar-refractivity contribution < 1.29 is 14.3 Å². The highest BCUT2D eigenvalue weighted by Crippen LogP contribution is 2.32. The molecule has 0 spiro atoms. The van der Waals surface area contributed by atoms with E-state index >= 15 is 0 Å². The van der Waals surface area contributed by atoms with Crippen LogP contribution < -0.4 is 20.5 Å². The average Bonchev–Trinajstić information content (AvgIpc) is 3.05. The molecule has 0 bridgehead atoms. The first-order chi connectivity index (χ1) is 10.1. The van der Waals surface area contributed by atoms with Crippen LogP contribution in [0.15, 0.2) is 24.4 Å². The number of carbonyl (C=O) groups is 1. The van der Waals surface area contributed by atoms with Gasteiger partial charge in [-0.25, -0.2) is 0 Å². The normalized spacial score (nSPS) is 12.2. The standard InChI is InChI=1S/C13H12N4O3S/c1-17-12(8(5-15-17)11(14)21)16-13(18)7-2-3-9-10(4-7)20-6-19-9/h2-5H,6H2,1H3,(H2,14,21)(H,16,18). The van der Waals surface area contributed by atoms with Gasteiger partial charge < -0.3 is 20.5 Å². The van der Waals surface area contributed by atoms with Crippen molar-refractivity contribution in [3.05, 3.63) is 35.5 Å². The molecule has 0 aliphatic carbocycles. The highest BCUT2D eigenvalue weighted by Gasteiger charge is 2.18. The van der Waals surface area contributed by atoms with Gasteiger partial charge in [0, 0.05) is 12.6 Å². The Kier molecular flexibility index (Phi) is 3.22. The van der Waals surface area contributed by atoms with E-state index in [1.54, 1.807) is 25.2 Å². The molecule has 0 saturated carbocycles. The molecule has 108 valence electrons. The minimum Gasteiger partial charge on any atom is -0.454 e. The van der Waals surface area contributed by atoms with Gasteiger partial charge in [-0.1, -0.05) is 12.2 Å². The van der Waals surface area contributed by atoms with Gasteiger partial charge in [-0.15, -0.1) is 0 Å². The van der Waals surface area contributed by atoms with Crippen LogP contribution in [0.1, 0.15) is 15.9 Å². The third-order valence-corrected chi connectivity index (χ3v) is 3.29. The predicted molar refractivity (Wildman–Crippen MR) is 79.6 cm³/mol. The topological polar surface area (TPSA) is 91.4 Å². The lowest BCUT2D eigenvalue weighted by atomic mass is 10.2. The average molecular weight is 304 g/mol. The molecule has 1 aliphatic heterocycles. The maximum atomic E-state index is 12.3. The number of nitrogens with zero attached hydrogens (tertiary/aromatic N) is 2. The van der Waals surface area contributed by atoms with Gasteiger partial charge in [-0.3, -0.25) is 9.48 Å². The van der Waals surface area contributed by atoms with Crippen LogP contribution >= 0.6 is 12.2 Å². The summed E-state index contributed by atoms with van der Waals surface area (Å²) in [5.41, 5.74) is 6.56. The SMILES string of the molecule is Cn1ncc(C(N)=S)c1NC(=O)c1ccc2c(c1)OCO2.